The van der Waals surface area contributed by atoms with Gasteiger partial charge in [0.05, 0.1) is 5.71 Å². The maximum Gasteiger partial charge on any atom is 0.157 e. The number of oxime groups is 1. The highest BCUT2D eigenvalue weighted by atomic mass is 31.0. The zero-order chi connectivity index (χ0) is 17.5. The number of hydrogen-bond donors (Lipinski definition) is 0. The summed E-state index contributed by atoms with van der Waals surface area (Å²) in [7, 11) is 4.91. The normalized spacial score (nSPS) is 29.3. The fourth-order valence-electron chi connectivity index (χ4n) is 4.05. The Labute approximate surface area is 150 Å². The van der Waals surface area contributed by atoms with Gasteiger partial charge in [-0.25, -0.2) is 0 Å². The topological polar surface area (TPSA) is 24.8 Å². The molecule has 1 aliphatic carbocycles. The van der Waals surface area contributed by atoms with Crippen LogP contribution in [-0.4, -0.2) is 30.1 Å². The molecule has 0 N–H and O–H groups in total. The van der Waals surface area contributed by atoms with E-state index in [1.807, 2.05) is 0 Å². The van der Waals surface area contributed by atoms with E-state index in [1.54, 1.807) is 6.08 Å². The summed E-state index contributed by atoms with van der Waals surface area (Å²) < 4.78 is 2.22. The number of rotatable bonds is 7. The Kier molecular flexibility index (Phi) is 7.97. The molecule has 136 valence electrons. The van der Waals surface area contributed by atoms with E-state index >= 15 is 0 Å². The first-order valence-corrected chi connectivity index (χ1v) is 10.0. The zero-order valence-electron chi connectivity index (χ0n) is 15.5. The number of hydrogen-bond acceptors (Lipinski definition) is 3. The van der Waals surface area contributed by atoms with E-state index in [1.165, 1.54) is 57.2 Å². The summed E-state index contributed by atoms with van der Waals surface area (Å²) in [6.45, 7) is 11.4. The van der Waals surface area contributed by atoms with E-state index in [9.17, 15) is 0 Å². The van der Waals surface area contributed by atoms with Crippen LogP contribution in [0, 0.1) is 17.8 Å². The van der Waals surface area contributed by atoms with Crippen molar-refractivity contribution >= 4 is 15.1 Å². The molecule has 1 aliphatic heterocycles. The summed E-state index contributed by atoms with van der Waals surface area (Å²) in [5.41, 5.74) is 2.21. The van der Waals surface area contributed by atoms with Crippen molar-refractivity contribution < 1.29 is 4.84 Å². The van der Waals surface area contributed by atoms with Gasteiger partial charge in [-0.3, -0.25) is 4.67 Å². The lowest BCUT2D eigenvalue weighted by Gasteiger charge is -2.29. The highest BCUT2D eigenvalue weighted by Gasteiger charge is 2.29. The number of nitrogens with zero attached hydrogens (tertiary/aromatic N) is 2. The molecular formula is C20H35N2OP. The van der Waals surface area contributed by atoms with Gasteiger partial charge in [0.15, 0.2) is 6.10 Å². The molecule has 1 fully saturated rings. The Morgan fingerprint density at radius 3 is 2.62 bits per heavy atom. The molecule has 0 amide bonds. The first-order chi connectivity index (χ1) is 11.5. The molecule has 1 heterocycles. The van der Waals surface area contributed by atoms with E-state index in [-0.39, 0.29) is 6.10 Å². The molecule has 1 saturated carbocycles. The third kappa shape index (κ3) is 5.70. The second kappa shape index (κ2) is 9.73. The summed E-state index contributed by atoms with van der Waals surface area (Å²) in [5.74, 6) is 2.34. The van der Waals surface area contributed by atoms with Gasteiger partial charge in [0.2, 0.25) is 0 Å². The first-order valence-electron chi connectivity index (χ1n) is 9.51. The Bertz CT molecular complexity index is 451. The van der Waals surface area contributed by atoms with Gasteiger partial charge in [0.1, 0.15) is 0 Å². The van der Waals surface area contributed by atoms with Crippen LogP contribution in [0.2, 0.25) is 0 Å². The van der Waals surface area contributed by atoms with Crippen LogP contribution in [0.4, 0.5) is 0 Å². The monoisotopic (exact) mass is 350 g/mol. The van der Waals surface area contributed by atoms with Crippen molar-refractivity contribution in [2.24, 2.45) is 22.9 Å². The van der Waals surface area contributed by atoms with Crippen LogP contribution in [0.15, 0.2) is 30.0 Å². The van der Waals surface area contributed by atoms with Gasteiger partial charge < -0.3 is 4.84 Å². The SMILES string of the molecule is C=CC(=C)C1CC(C2CCCC(C(C)CCN(C)P)CCC2)=NO1. The van der Waals surface area contributed by atoms with Crippen LogP contribution in [0.1, 0.15) is 58.3 Å². The van der Waals surface area contributed by atoms with Crippen molar-refractivity contribution in [2.75, 3.05) is 13.6 Å². The van der Waals surface area contributed by atoms with Crippen molar-refractivity contribution in [3.8, 4) is 0 Å². The minimum absolute atomic E-state index is 0.0274. The fourth-order valence-corrected chi connectivity index (χ4v) is 4.20. The standard InChI is InChI=1S/C20H35N2OP/c1-5-15(2)20-14-19(21-23-20)18-10-6-8-17(9-7-11-18)16(3)12-13-22(4)24/h5,16-18,20H,1-2,6-14,24H2,3-4H3. The molecule has 2 aliphatic rings. The molecule has 0 aromatic heterocycles. The minimum atomic E-state index is 0.0274. The summed E-state index contributed by atoms with van der Waals surface area (Å²) in [4.78, 5) is 5.57. The van der Waals surface area contributed by atoms with Gasteiger partial charge in [-0.2, -0.15) is 0 Å². The molecule has 3 atom stereocenters. The highest BCUT2D eigenvalue weighted by molar-refractivity contribution is 7.13. The molecule has 0 bridgehead atoms. The van der Waals surface area contributed by atoms with Crippen molar-refractivity contribution in [3.63, 3.8) is 0 Å². The van der Waals surface area contributed by atoms with Crippen LogP contribution < -0.4 is 0 Å². The lowest BCUT2D eigenvalue weighted by atomic mass is 9.77. The fraction of sp³-hybridized carbons (Fsp3) is 0.750. The van der Waals surface area contributed by atoms with E-state index in [0.29, 0.717) is 5.92 Å². The predicted octanol–water partition coefficient (Wildman–Crippen LogP) is 5.21. The van der Waals surface area contributed by atoms with Crippen LogP contribution >= 0.6 is 9.39 Å². The van der Waals surface area contributed by atoms with E-state index in [0.717, 1.165) is 23.8 Å². The van der Waals surface area contributed by atoms with Crippen LogP contribution in [0.5, 0.6) is 0 Å². The lowest BCUT2D eigenvalue weighted by molar-refractivity contribution is 0.114. The van der Waals surface area contributed by atoms with Crippen molar-refractivity contribution in [2.45, 2.75) is 64.4 Å². The lowest BCUT2D eigenvalue weighted by Crippen LogP contribution is -2.22. The molecule has 0 aromatic carbocycles. The average Bonchev–Trinajstić information content (AvgIpc) is 3.01. The van der Waals surface area contributed by atoms with Crippen molar-refractivity contribution in [1.82, 2.24) is 4.67 Å². The molecule has 0 radical (unpaired) electrons. The molecule has 0 spiro atoms. The summed E-state index contributed by atoms with van der Waals surface area (Å²) >= 11 is 0. The third-order valence-corrected chi connectivity index (χ3v) is 6.09. The van der Waals surface area contributed by atoms with Crippen LogP contribution in [-0.2, 0) is 4.84 Å². The molecule has 4 heteroatoms. The second-order valence-corrected chi connectivity index (χ2v) is 8.61. The Morgan fingerprint density at radius 2 is 2.04 bits per heavy atom. The Morgan fingerprint density at radius 1 is 1.38 bits per heavy atom. The van der Waals surface area contributed by atoms with Gasteiger partial charge in [-0.15, -0.1) is 0 Å². The van der Waals surface area contributed by atoms with Crippen molar-refractivity contribution in [3.05, 3.63) is 24.8 Å². The molecule has 0 saturated heterocycles. The van der Waals surface area contributed by atoms with Gasteiger partial charge in [-0.1, -0.05) is 66.4 Å². The zero-order valence-corrected chi connectivity index (χ0v) is 16.7. The quantitative estimate of drug-likeness (QED) is 0.465. The van der Waals surface area contributed by atoms with Gasteiger partial charge in [0, 0.05) is 18.9 Å². The van der Waals surface area contributed by atoms with E-state index in [4.69, 9.17) is 4.84 Å². The summed E-state index contributed by atoms with van der Waals surface area (Å²) in [6.07, 6.45) is 12.0. The largest absolute Gasteiger partial charge is 0.387 e. The third-order valence-electron chi connectivity index (χ3n) is 5.84. The Balaban J connectivity index is 1.78. The van der Waals surface area contributed by atoms with E-state index < -0.39 is 0 Å². The maximum atomic E-state index is 5.57. The average molecular weight is 350 g/mol. The van der Waals surface area contributed by atoms with Crippen LogP contribution in [0.25, 0.3) is 0 Å². The second-order valence-electron chi connectivity index (χ2n) is 7.73. The molecular weight excluding hydrogens is 315 g/mol. The van der Waals surface area contributed by atoms with Crippen molar-refractivity contribution in [1.29, 1.82) is 0 Å². The van der Waals surface area contributed by atoms with Gasteiger partial charge >= 0.3 is 0 Å². The minimum Gasteiger partial charge on any atom is -0.387 e. The molecule has 24 heavy (non-hydrogen) atoms. The van der Waals surface area contributed by atoms with E-state index in [2.05, 4.69) is 46.3 Å². The highest BCUT2D eigenvalue weighted by Crippen LogP contribution is 2.34. The molecule has 2 rings (SSSR count). The Hall–Kier alpha value is -0.660. The summed E-state index contributed by atoms with van der Waals surface area (Å²) in [6, 6.07) is 0. The van der Waals surface area contributed by atoms with Gasteiger partial charge in [0.25, 0.3) is 0 Å². The molecule has 3 nitrogen and oxygen atoms in total. The first kappa shape index (κ1) is 19.7. The smallest absolute Gasteiger partial charge is 0.157 e. The van der Waals surface area contributed by atoms with Crippen LogP contribution in [0.3, 0.4) is 0 Å². The maximum absolute atomic E-state index is 5.57. The predicted molar refractivity (Wildman–Crippen MR) is 107 cm³/mol. The molecule has 0 aromatic rings. The summed E-state index contributed by atoms with van der Waals surface area (Å²) in [5, 5.41) is 4.39. The molecule has 3 unspecified atom stereocenters. The van der Waals surface area contributed by atoms with Gasteiger partial charge in [-0.05, 0) is 43.7 Å².